The second kappa shape index (κ2) is 4.32. The zero-order chi connectivity index (χ0) is 10.0. The van der Waals surface area contributed by atoms with E-state index in [1.54, 1.807) is 6.07 Å². The molecule has 0 atom stereocenters. The van der Waals surface area contributed by atoms with Crippen LogP contribution in [0.2, 0.25) is 0 Å². The van der Waals surface area contributed by atoms with Crippen molar-refractivity contribution in [1.29, 1.82) is 0 Å². The van der Waals surface area contributed by atoms with E-state index in [1.165, 1.54) is 7.11 Å². The second-order valence-corrected chi connectivity index (χ2v) is 4.27. The minimum Gasteiger partial charge on any atom is -0.465 e. The molecule has 0 aromatic heterocycles. The van der Waals surface area contributed by atoms with Gasteiger partial charge < -0.3 is 4.74 Å². The fourth-order valence-corrected chi connectivity index (χ4v) is 2.12. The Hall–Kier alpha value is -0.230. The van der Waals surface area contributed by atoms with Gasteiger partial charge in [0.25, 0.3) is 0 Å². The summed E-state index contributed by atoms with van der Waals surface area (Å²) in [6, 6.07) is 3.62. The molecule has 2 nitrogen and oxygen atoms in total. The average Bonchev–Trinajstić information content (AvgIpc) is 2.10. The van der Waals surface area contributed by atoms with Crippen molar-refractivity contribution in [2.24, 2.45) is 0 Å². The summed E-state index contributed by atoms with van der Waals surface area (Å²) in [5.74, 6) is -0.314. The molecule has 0 radical (unpaired) electrons. The molecule has 0 spiro atoms. The first-order valence-corrected chi connectivity index (χ1v) is 5.16. The molecule has 0 saturated heterocycles. The monoisotopic (exact) mass is 308 g/mol. The molecular formula is C9H9IO2S. The topological polar surface area (TPSA) is 26.3 Å². The van der Waals surface area contributed by atoms with Gasteiger partial charge in [0.2, 0.25) is 0 Å². The molecule has 0 bridgehead atoms. The van der Waals surface area contributed by atoms with E-state index in [-0.39, 0.29) is 5.97 Å². The van der Waals surface area contributed by atoms with Crippen LogP contribution in [0.1, 0.15) is 15.9 Å². The molecular weight excluding hydrogens is 299 g/mol. The summed E-state index contributed by atoms with van der Waals surface area (Å²) in [7, 11) is 1.37. The van der Waals surface area contributed by atoms with Crippen LogP contribution in [0.4, 0.5) is 0 Å². The van der Waals surface area contributed by atoms with Gasteiger partial charge in [-0.1, -0.05) is 0 Å². The lowest BCUT2D eigenvalue weighted by Gasteiger charge is -2.06. The van der Waals surface area contributed by atoms with E-state index < -0.39 is 0 Å². The Morgan fingerprint density at radius 3 is 2.69 bits per heavy atom. The van der Waals surface area contributed by atoms with Gasteiger partial charge in [-0.2, -0.15) is 0 Å². The first kappa shape index (κ1) is 10.8. The van der Waals surface area contributed by atoms with Crippen molar-refractivity contribution >= 4 is 41.2 Å². The fraction of sp³-hybridized carbons (Fsp3) is 0.222. The highest BCUT2D eigenvalue weighted by Gasteiger charge is 2.11. The minimum atomic E-state index is -0.314. The number of benzene rings is 1. The first-order chi connectivity index (χ1) is 6.06. The largest absolute Gasteiger partial charge is 0.465 e. The Kier molecular flexibility index (Phi) is 3.61. The van der Waals surface area contributed by atoms with Gasteiger partial charge in [0.15, 0.2) is 0 Å². The second-order valence-electron chi connectivity index (χ2n) is 2.59. The van der Waals surface area contributed by atoms with Gasteiger partial charge in [-0.25, -0.2) is 4.79 Å². The Balaban J connectivity index is 3.28. The molecule has 0 aliphatic heterocycles. The Labute approximate surface area is 96.2 Å². The van der Waals surface area contributed by atoms with Gasteiger partial charge in [0, 0.05) is 8.47 Å². The minimum absolute atomic E-state index is 0.314. The third-order valence-corrected chi connectivity index (χ3v) is 3.11. The Morgan fingerprint density at radius 1 is 1.54 bits per heavy atom. The zero-order valence-electron chi connectivity index (χ0n) is 7.30. The molecule has 13 heavy (non-hydrogen) atoms. The van der Waals surface area contributed by atoms with E-state index in [9.17, 15) is 4.79 Å². The smallest absolute Gasteiger partial charge is 0.338 e. The van der Waals surface area contributed by atoms with Gasteiger partial charge in [-0.15, -0.1) is 12.6 Å². The number of thiol groups is 1. The van der Waals surface area contributed by atoms with Gasteiger partial charge in [-0.3, -0.25) is 0 Å². The van der Waals surface area contributed by atoms with Crippen LogP contribution in [-0.4, -0.2) is 13.1 Å². The number of ether oxygens (including phenoxy) is 1. The van der Waals surface area contributed by atoms with E-state index in [0.717, 1.165) is 14.0 Å². The first-order valence-electron chi connectivity index (χ1n) is 3.63. The highest BCUT2D eigenvalue weighted by Crippen LogP contribution is 2.21. The van der Waals surface area contributed by atoms with E-state index in [0.29, 0.717) is 5.56 Å². The lowest BCUT2D eigenvalue weighted by atomic mass is 10.1. The average molecular weight is 308 g/mol. The maximum absolute atomic E-state index is 11.3. The van der Waals surface area contributed by atoms with Crippen LogP contribution >= 0.6 is 35.2 Å². The molecule has 0 heterocycles. The lowest BCUT2D eigenvalue weighted by molar-refractivity contribution is 0.0599. The summed E-state index contributed by atoms with van der Waals surface area (Å²) in [5.41, 5.74) is 1.52. The molecule has 0 aliphatic rings. The molecule has 0 amide bonds. The summed E-state index contributed by atoms with van der Waals surface area (Å²) in [5, 5.41) is 0. The molecule has 1 aromatic carbocycles. The van der Waals surface area contributed by atoms with Crippen molar-refractivity contribution in [3.63, 3.8) is 0 Å². The molecule has 0 saturated carbocycles. The van der Waals surface area contributed by atoms with Crippen LogP contribution in [0.3, 0.4) is 0 Å². The van der Waals surface area contributed by atoms with Gasteiger partial charge in [0.1, 0.15) is 0 Å². The Bertz CT molecular complexity index is 350. The van der Waals surface area contributed by atoms with Crippen molar-refractivity contribution in [3.05, 3.63) is 26.8 Å². The van der Waals surface area contributed by atoms with Crippen LogP contribution in [0.15, 0.2) is 17.0 Å². The van der Waals surface area contributed by atoms with E-state index in [4.69, 9.17) is 0 Å². The summed E-state index contributed by atoms with van der Waals surface area (Å²) in [6.07, 6.45) is 0. The molecule has 0 aliphatic carbocycles. The summed E-state index contributed by atoms with van der Waals surface area (Å²) in [6.45, 7) is 1.89. The summed E-state index contributed by atoms with van der Waals surface area (Å²) < 4.78 is 5.67. The predicted octanol–water partition coefficient (Wildman–Crippen LogP) is 2.67. The van der Waals surface area contributed by atoms with E-state index >= 15 is 0 Å². The predicted molar refractivity (Wildman–Crippen MR) is 62.5 cm³/mol. The highest BCUT2D eigenvalue weighted by molar-refractivity contribution is 14.1. The van der Waals surface area contributed by atoms with Crippen molar-refractivity contribution < 1.29 is 9.53 Å². The van der Waals surface area contributed by atoms with Crippen molar-refractivity contribution in [2.45, 2.75) is 11.8 Å². The van der Waals surface area contributed by atoms with Crippen molar-refractivity contribution in [1.82, 2.24) is 0 Å². The van der Waals surface area contributed by atoms with E-state index in [2.05, 4.69) is 40.0 Å². The summed E-state index contributed by atoms with van der Waals surface area (Å²) in [4.78, 5) is 12.1. The quantitative estimate of drug-likeness (QED) is 0.490. The molecule has 4 heteroatoms. The molecule has 0 unspecified atom stereocenters. The third kappa shape index (κ3) is 2.37. The van der Waals surface area contributed by atoms with Crippen LogP contribution in [0.5, 0.6) is 0 Å². The maximum atomic E-state index is 11.3. The van der Waals surface area contributed by atoms with Crippen molar-refractivity contribution in [2.75, 3.05) is 7.11 Å². The molecule has 0 fully saturated rings. The van der Waals surface area contributed by atoms with Crippen LogP contribution < -0.4 is 0 Å². The number of carbonyl (C=O) groups excluding carboxylic acids is 1. The number of hydrogen-bond donors (Lipinski definition) is 1. The van der Waals surface area contributed by atoms with Crippen LogP contribution in [0, 0.1) is 10.5 Å². The summed E-state index contributed by atoms with van der Waals surface area (Å²) >= 11 is 6.36. The maximum Gasteiger partial charge on any atom is 0.338 e. The standard InChI is InChI=1S/C9H9IO2S/c1-5-7(9(11)12-2)3-6(13)4-8(5)10/h3-4,13H,1-2H3. The number of rotatable bonds is 1. The normalized spacial score (nSPS) is 9.85. The zero-order valence-corrected chi connectivity index (χ0v) is 10.3. The van der Waals surface area contributed by atoms with Gasteiger partial charge in [-0.05, 0) is 47.2 Å². The van der Waals surface area contributed by atoms with Crippen LogP contribution in [0.25, 0.3) is 0 Å². The van der Waals surface area contributed by atoms with E-state index in [1.807, 2.05) is 13.0 Å². The number of halogens is 1. The molecule has 1 rings (SSSR count). The number of esters is 1. The highest BCUT2D eigenvalue weighted by atomic mass is 127. The Morgan fingerprint density at radius 2 is 2.15 bits per heavy atom. The molecule has 0 N–H and O–H groups in total. The molecule has 1 aromatic rings. The number of methoxy groups -OCH3 is 1. The number of carbonyl (C=O) groups is 1. The third-order valence-electron chi connectivity index (χ3n) is 1.73. The van der Waals surface area contributed by atoms with Gasteiger partial charge in [0.05, 0.1) is 12.7 Å². The van der Waals surface area contributed by atoms with Crippen LogP contribution in [-0.2, 0) is 4.74 Å². The number of hydrogen-bond acceptors (Lipinski definition) is 3. The van der Waals surface area contributed by atoms with Crippen molar-refractivity contribution in [3.8, 4) is 0 Å². The van der Waals surface area contributed by atoms with Gasteiger partial charge >= 0.3 is 5.97 Å². The SMILES string of the molecule is COC(=O)c1cc(S)cc(I)c1C. The molecule has 70 valence electrons. The fourth-order valence-electron chi connectivity index (χ4n) is 0.987. The lowest BCUT2D eigenvalue weighted by Crippen LogP contribution is -2.04.